The summed E-state index contributed by atoms with van der Waals surface area (Å²) in [5, 5.41) is 0. The lowest BCUT2D eigenvalue weighted by Crippen LogP contribution is -2.38. The summed E-state index contributed by atoms with van der Waals surface area (Å²) in [7, 11) is 0. The van der Waals surface area contributed by atoms with Crippen LogP contribution in [0.5, 0.6) is 0 Å². The van der Waals surface area contributed by atoms with Crippen LogP contribution >= 0.6 is 0 Å². The first-order chi connectivity index (χ1) is 8.95. The van der Waals surface area contributed by atoms with Gasteiger partial charge >= 0.3 is 5.97 Å². The van der Waals surface area contributed by atoms with Crippen molar-refractivity contribution < 1.29 is 9.53 Å². The zero-order chi connectivity index (χ0) is 13.7. The first-order valence-electron chi connectivity index (χ1n) is 7.60. The van der Waals surface area contributed by atoms with Crippen LogP contribution in [0.15, 0.2) is 17.4 Å². The molecule has 0 aromatic heterocycles. The Hall–Kier alpha value is -1.01. The van der Waals surface area contributed by atoms with E-state index in [9.17, 15) is 4.79 Å². The van der Waals surface area contributed by atoms with E-state index in [0.717, 1.165) is 31.3 Å². The summed E-state index contributed by atoms with van der Waals surface area (Å²) in [4.78, 5) is 12.2. The standard InChI is InChI=1S/C17H24O2/c1-16(2)13-9-10-17(16,3)14(11-13)19-15(18)12-7-5-4-6-8-12/h5,13-14H,4,6,8-11H2,1-3H3. The average molecular weight is 260 g/mol. The maximum atomic E-state index is 12.2. The molecule has 3 aliphatic carbocycles. The molecule has 19 heavy (non-hydrogen) atoms. The molecule has 3 rings (SSSR count). The van der Waals surface area contributed by atoms with Crippen LogP contribution in [-0.2, 0) is 9.53 Å². The molecule has 3 atom stereocenters. The second-order valence-electron chi connectivity index (χ2n) is 7.22. The second-order valence-corrected chi connectivity index (χ2v) is 7.22. The molecule has 0 N–H and O–H groups in total. The van der Waals surface area contributed by atoms with E-state index in [1.807, 2.05) is 6.08 Å². The molecule has 2 heteroatoms. The Morgan fingerprint density at radius 1 is 1.42 bits per heavy atom. The molecule has 104 valence electrons. The molecule has 0 heterocycles. The van der Waals surface area contributed by atoms with Crippen LogP contribution in [0.4, 0.5) is 0 Å². The highest BCUT2D eigenvalue weighted by Crippen LogP contribution is 2.66. The van der Waals surface area contributed by atoms with Crippen LogP contribution in [0, 0.1) is 16.7 Å². The number of hydrogen-bond acceptors (Lipinski definition) is 2. The van der Waals surface area contributed by atoms with Gasteiger partial charge in [0.2, 0.25) is 0 Å². The zero-order valence-electron chi connectivity index (χ0n) is 12.3. The molecule has 3 unspecified atom stereocenters. The van der Waals surface area contributed by atoms with Gasteiger partial charge in [0.25, 0.3) is 0 Å². The summed E-state index contributed by atoms with van der Waals surface area (Å²) in [5.74, 6) is 0.594. The molecule has 0 radical (unpaired) electrons. The Labute approximate surface area is 115 Å². The Morgan fingerprint density at radius 3 is 2.74 bits per heavy atom. The van der Waals surface area contributed by atoms with E-state index in [4.69, 9.17) is 4.74 Å². The van der Waals surface area contributed by atoms with Crippen molar-refractivity contribution in [3.8, 4) is 0 Å². The van der Waals surface area contributed by atoms with E-state index >= 15 is 0 Å². The monoisotopic (exact) mass is 260 g/mol. The van der Waals surface area contributed by atoms with Gasteiger partial charge in [0.15, 0.2) is 0 Å². The number of carbonyl (C=O) groups excluding carboxylic acids is 1. The van der Waals surface area contributed by atoms with E-state index in [1.165, 1.54) is 12.8 Å². The van der Waals surface area contributed by atoms with Crippen molar-refractivity contribution in [3.05, 3.63) is 17.4 Å². The SMILES string of the molecule is CC1(C)C2CCC1(C)C(OC(=O)C1=C=CCCC1)C2. The van der Waals surface area contributed by atoms with E-state index in [2.05, 4.69) is 26.5 Å². The Bertz CT molecular complexity index is 468. The Kier molecular flexibility index (Phi) is 2.90. The molecule has 0 amide bonds. The van der Waals surface area contributed by atoms with Gasteiger partial charge in [0.05, 0.1) is 5.57 Å². The fraction of sp³-hybridized carbons (Fsp3) is 0.765. The van der Waals surface area contributed by atoms with Crippen molar-refractivity contribution in [2.45, 2.75) is 65.4 Å². The van der Waals surface area contributed by atoms with E-state index in [-0.39, 0.29) is 17.5 Å². The van der Waals surface area contributed by atoms with Gasteiger partial charge in [0.1, 0.15) is 6.10 Å². The summed E-state index contributed by atoms with van der Waals surface area (Å²) >= 11 is 0. The maximum absolute atomic E-state index is 12.2. The lowest BCUT2D eigenvalue weighted by molar-refractivity contribution is -0.152. The van der Waals surface area contributed by atoms with E-state index in [0.29, 0.717) is 11.3 Å². The van der Waals surface area contributed by atoms with Gasteiger partial charge < -0.3 is 4.74 Å². The summed E-state index contributed by atoms with van der Waals surface area (Å²) in [6, 6.07) is 0. The molecule has 2 nitrogen and oxygen atoms in total. The van der Waals surface area contributed by atoms with Crippen molar-refractivity contribution in [1.29, 1.82) is 0 Å². The molecule has 0 aromatic carbocycles. The van der Waals surface area contributed by atoms with Crippen LogP contribution in [0.3, 0.4) is 0 Å². The predicted octanol–water partition coefficient (Wildman–Crippen LogP) is 4.01. The maximum Gasteiger partial charge on any atom is 0.342 e. The molecule has 3 aliphatic rings. The van der Waals surface area contributed by atoms with Crippen LogP contribution < -0.4 is 0 Å². The predicted molar refractivity (Wildman–Crippen MR) is 74.6 cm³/mol. The number of esters is 1. The smallest absolute Gasteiger partial charge is 0.342 e. The van der Waals surface area contributed by atoms with Crippen molar-refractivity contribution in [2.24, 2.45) is 16.7 Å². The minimum atomic E-state index is -0.120. The van der Waals surface area contributed by atoms with Gasteiger partial charge in [-0.2, -0.15) is 0 Å². The lowest BCUT2D eigenvalue weighted by Gasteiger charge is -2.38. The Balaban J connectivity index is 1.75. The largest absolute Gasteiger partial charge is 0.458 e. The number of fused-ring (bicyclic) bond motifs is 2. The molecule has 2 fully saturated rings. The number of rotatable bonds is 2. The van der Waals surface area contributed by atoms with Gasteiger partial charge in [-0.15, -0.1) is 5.73 Å². The summed E-state index contributed by atoms with van der Waals surface area (Å²) < 4.78 is 5.86. The minimum absolute atomic E-state index is 0.102. The van der Waals surface area contributed by atoms with Crippen LogP contribution in [0.2, 0.25) is 0 Å². The first kappa shape index (κ1) is 13.0. The molecular formula is C17H24O2. The van der Waals surface area contributed by atoms with Crippen molar-refractivity contribution in [3.63, 3.8) is 0 Å². The van der Waals surface area contributed by atoms with Crippen LogP contribution in [0.25, 0.3) is 0 Å². The number of hydrogen-bond donors (Lipinski definition) is 0. The highest BCUT2D eigenvalue weighted by Gasteiger charge is 2.62. The van der Waals surface area contributed by atoms with E-state index < -0.39 is 0 Å². The topological polar surface area (TPSA) is 26.3 Å². The summed E-state index contributed by atoms with van der Waals surface area (Å²) in [6.07, 6.45) is 8.51. The summed E-state index contributed by atoms with van der Waals surface area (Å²) in [5.41, 5.74) is 4.29. The molecule has 0 saturated heterocycles. The van der Waals surface area contributed by atoms with Crippen molar-refractivity contribution in [2.75, 3.05) is 0 Å². The highest BCUT2D eigenvalue weighted by atomic mass is 16.5. The number of carbonyl (C=O) groups is 1. The average Bonchev–Trinajstić information content (AvgIpc) is 2.73. The van der Waals surface area contributed by atoms with Gasteiger partial charge in [-0.1, -0.05) is 20.8 Å². The molecule has 2 bridgehead atoms. The molecule has 0 aromatic rings. The molecule has 2 saturated carbocycles. The third-order valence-electron chi connectivity index (χ3n) is 6.26. The van der Waals surface area contributed by atoms with Gasteiger partial charge in [0, 0.05) is 5.41 Å². The van der Waals surface area contributed by atoms with Crippen molar-refractivity contribution in [1.82, 2.24) is 0 Å². The first-order valence-corrected chi connectivity index (χ1v) is 7.60. The minimum Gasteiger partial charge on any atom is -0.458 e. The molecule has 0 spiro atoms. The highest BCUT2D eigenvalue weighted by molar-refractivity contribution is 5.88. The third kappa shape index (κ3) is 1.80. The lowest BCUT2D eigenvalue weighted by atomic mass is 9.70. The zero-order valence-corrected chi connectivity index (χ0v) is 12.3. The van der Waals surface area contributed by atoms with Crippen molar-refractivity contribution >= 4 is 5.97 Å². The summed E-state index contributed by atoms with van der Waals surface area (Å²) in [6.45, 7) is 7.00. The Morgan fingerprint density at radius 2 is 2.21 bits per heavy atom. The van der Waals surface area contributed by atoms with E-state index in [1.54, 1.807) is 0 Å². The molecule has 0 aliphatic heterocycles. The fourth-order valence-electron chi connectivity index (χ4n) is 4.32. The normalized spacial score (nSPS) is 39.2. The molecular weight excluding hydrogens is 236 g/mol. The quantitative estimate of drug-likeness (QED) is 0.554. The third-order valence-corrected chi connectivity index (χ3v) is 6.26. The van der Waals surface area contributed by atoms with Gasteiger partial charge in [-0.3, -0.25) is 0 Å². The number of ether oxygens (including phenoxy) is 1. The van der Waals surface area contributed by atoms with Gasteiger partial charge in [-0.25, -0.2) is 4.79 Å². The second kappa shape index (κ2) is 4.24. The van der Waals surface area contributed by atoms with Gasteiger partial charge in [-0.05, 0) is 55.9 Å². The van der Waals surface area contributed by atoms with Crippen LogP contribution in [0.1, 0.15) is 59.3 Å². The van der Waals surface area contributed by atoms with Crippen LogP contribution in [-0.4, -0.2) is 12.1 Å². The fourth-order valence-corrected chi connectivity index (χ4v) is 4.32.